The summed E-state index contributed by atoms with van der Waals surface area (Å²) in [6.45, 7) is 0. The van der Waals surface area contributed by atoms with Crippen LogP contribution in [0.25, 0.3) is 5.57 Å². The molecule has 0 saturated carbocycles. The minimum atomic E-state index is -0.865. The predicted octanol–water partition coefficient (Wildman–Crippen LogP) is 5.51. The maximum atomic E-state index is 6.13. The Kier molecular flexibility index (Phi) is 3.56. The number of hydrogen-bond donors (Lipinski definition) is 0. The van der Waals surface area contributed by atoms with Gasteiger partial charge < -0.3 is 0 Å². The van der Waals surface area contributed by atoms with E-state index in [0.29, 0.717) is 16.5 Å². The lowest BCUT2D eigenvalue weighted by Crippen LogP contribution is -2.10. The van der Waals surface area contributed by atoms with E-state index in [4.69, 9.17) is 46.4 Å². The minimum Gasteiger partial charge on any atom is -0.0966 e. The zero-order valence-corrected chi connectivity index (χ0v) is 11.2. The molecule has 0 fully saturated rings. The van der Waals surface area contributed by atoms with Crippen LogP contribution in [0.2, 0.25) is 10.0 Å². The van der Waals surface area contributed by atoms with Crippen molar-refractivity contribution < 1.29 is 0 Å². The van der Waals surface area contributed by atoms with Crippen LogP contribution < -0.4 is 0 Å². The molecule has 0 N–H and O–H groups in total. The molecule has 0 aliphatic heterocycles. The van der Waals surface area contributed by atoms with E-state index in [2.05, 4.69) is 0 Å². The molecule has 1 aliphatic rings. The van der Waals surface area contributed by atoms with Crippen molar-refractivity contribution >= 4 is 52.0 Å². The molecule has 2 rings (SSSR count). The number of halogens is 4. The third kappa shape index (κ3) is 2.57. The molecular weight excluding hydrogens is 286 g/mol. The molecule has 1 aromatic rings. The highest BCUT2D eigenvalue weighted by Crippen LogP contribution is 2.38. The Morgan fingerprint density at radius 3 is 2.56 bits per heavy atom. The highest BCUT2D eigenvalue weighted by Gasteiger charge is 2.23. The van der Waals surface area contributed by atoms with E-state index in [1.165, 1.54) is 0 Å². The molecule has 0 bridgehead atoms. The number of rotatable bonds is 1. The van der Waals surface area contributed by atoms with Gasteiger partial charge in [-0.25, -0.2) is 0 Å². The van der Waals surface area contributed by atoms with E-state index in [1.54, 1.807) is 12.1 Å². The number of hydrogen-bond acceptors (Lipinski definition) is 0. The van der Waals surface area contributed by atoms with Crippen LogP contribution in [0.3, 0.4) is 0 Å². The van der Waals surface area contributed by atoms with Crippen molar-refractivity contribution in [3.63, 3.8) is 0 Å². The molecule has 0 unspecified atom stereocenters. The summed E-state index contributed by atoms with van der Waals surface area (Å²) >= 11 is 24.2. The van der Waals surface area contributed by atoms with Crippen molar-refractivity contribution in [2.45, 2.75) is 10.8 Å². The molecule has 0 nitrogen and oxygen atoms in total. The lowest BCUT2D eigenvalue weighted by Gasteiger charge is -2.19. The first-order valence-electron chi connectivity index (χ1n) is 4.71. The quantitative estimate of drug-likeness (QED) is 0.599. The molecule has 84 valence electrons. The van der Waals surface area contributed by atoms with E-state index in [9.17, 15) is 0 Å². The fraction of sp³-hybridized carbons (Fsp3) is 0.167. The van der Waals surface area contributed by atoms with Crippen LogP contribution in [-0.2, 0) is 0 Å². The monoisotopic (exact) mass is 292 g/mol. The number of allylic oxidation sites excluding steroid dienone is 4. The fourth-order valence-electron chi connectivity index (χ4n) is 1.57. The number of benzene rings is 1. The van der Waals surface area contributed by atoms with Gasteiger partial charge in [-0.3, -0.25) is 0 Å². The molecule has 0 saturated heterocycles. The van der Waals surface area contributed by atoms with Crippen LogP contribution in [0.1, 0.15) is 12.0 Å². The Morgan fingerprint density at radius 2 is 1.88 bits per heavy atom. The number of alkyl halides is 2. The molecule has 0 radical (unpaired) electrons. The summed E-state index contributed by atoms with van der Waals surface area (Å²) in [6.07, 6.45) is 6.25. The molecule has 0 spiro atoms. The summed E-state index contributed by atoms with van der Waals surface area (Å²) in [4.78, 5) is 0. The van der Waals surface area contributed by atoms with Crippen molar-refractivity contribution in [1.82, 2.24) is 0 Å². The Morgan fingerprint density at radius 1 is 1.12 bits per heavy atom. The molecule has 4 heteroatoms. The van der Waals surface area contributed by atoms with Crippen LogP contribution in [0.4, 0.5) is 0 Å². The van der Waals surface area contributed by atoms with Crippen LogP contribution in [-0.4, -0.2) is 4.33 Å². The first-order chi connectivity index (χ1) is 7.49. The average molecular weight is 294 g/mol. The highest BCUT2D eigenvalue weighted by atomic mass is 35.5. The van der Waals surface area contributed by atoms with Crippen molar-refractivity contribution in [3.8, 4) is 0 Å². The standard InChI is InChI=1S/C12H8Cl4/c13-10-5-1-4-9(11(10)14)8-3-2-6-12(15,16)7-8/h1-5,7H,6H2. The smallest absolute Gasteiger partial charge is 0.0966 e. The van der Waals surface area contributed by atoms with Gasteiger partial charge in [0.1, 0.15) is 4.33 Å². The molecule has 16 heavy (non-hydrogen) atoms. The zero-order chi connectivity index (χ0) is 11.8. The molecular formula is C12H8Cl4. The third-order valence-electron chi connectivity index (χ3n) is 2.32. The van der Waals surface area contributed by atoms with E-state index >= 15 is 0 Å². The van der Waals surface area contributed by atoms with Crippen LogP contribution >= 0.6 is 46.4 Å². The summed E-state index contributed by atoms with van der Waals surface area (Å²) in [6, 6.07) is 5.48. The van der Waals surface area contributed by atoms with Crippen LogP contribution in [0.15, 0.2) is 36.4 Å². The Hall–Kier alpha value is -0.140. The molecule has 0 amide bonds. The lowest BCUT2D eigenvalue weighted by molar-refractivity contribution is 0.965. The van der Waals surface area contributed by atoms with Gasteiger partial charge in [-0.1, -0.05) is 70.7 Å². The van der Waals surface area contributed by atoms with Gasteiger partial charge in [-0.2, -0.15) is 0 Å². The van der Waals surface area contributed by atoms with Gasteiger partial charge in [0.05, 0.1) is 10.0 Å². The van der Waals surface area contributed by atoms with Crippen LogP contribution in [0, 0.1) is 0 Å². The average Bonchev–Trinajstić information content (AvgIpc) is 2.20. The van der Waals surface area contributed by atoms with Crippen LogP contribution in [0.5, 0.6) is 0 Å². The van der Waals surface area contributed by atoms with Gasteiger partial charge in [0.2, 0.25) is 0 Å². The Balaban J connectivity index is 2.49. The second kappa shape index (κ2) is 4.62. The van der Waals surface area contributed by atoms with Crippen molar-refractivity contribution in [1.29, 1.82) is 0 Å². The van der Waals surface area contributed by atoms with Gasteiger partial charge in [0.25, 0.3) is 0 Å². The maximum absolute atomic E-state index is 6.13. The van der Waals surface area contributed by atoms with Gasteiger partial charge in [0, 0.05) is 12.0 Å². The topological polar surface area (TPSA) is 0 Å². The molecule has 0 atom stereocenters. The summed E-state index contributed by atoms with van der Waals surface area (Å²) in [5.41, 5.74) is 1.74. The van der Waals surface area contributed by atoms with E-state index in [0.717, 1.165) is 11.1 Å². The first kappa shape index (κ1) is 12.3. The van der Waals surface area contributed by atoms with E-state index in [1.807, 2.05) is 24.3 Å². The van der Waals surface area contributed by atoms with Gasteiger partial charge in [0.15, 0.2) is 0 Å². The Bertz CT molecular complexity index is 472. The predicted molar refractivity (Wildman–Crippen MR) is 72.6 cm³/mol. The first-order valence-corrected chi connectivity index (χ1v) is 6.22. The second-order valence-electron chi connectivity index (χ2n) is 3.57. The van der Waals surface area contributed by atoms with Crippen molar-refractivity contribution in [2.75, 3.05) is 0 Å². The van der Waals surface area contributed by atoms with Gasteiger partial charge in [-0.05, 0) is 17.7 Å². The second-order valence-corrected chi connectivity index (χ2v) is 5.90. The van der Waals surface area contributed by atoms with Gasteiger partial charge >= 0.3 is 0 Å². The molecule has 1 aliphatic carbocycles. The third-order valence-corrected chi connectivity index (χ3v) is 3.66. The minimum absolute atomic E-state index is 0.520. The van der Waals surface area contributed by atoms with Crippen molar-refractivity contribution in [3.05, 3.63) is 52.0 Å². The maximum Gasteiger partial charge on any atom is 0.140 e. The normalized spacial score (nSPS) is 18.4. The summed E-state index contributed by atoms with van der Waals surface area (Å²) in [5.74, 6) is 0. The van der Waals surface area contributed by atoms with Gasteiger partial charge in [-0.15, -0.1) is 0 Å². The summed E-state index contributed by atoms with van der Waals surface area (Å²) in [5, 5.41) is 1.04. The molecule has 0 heterocycles. The Labute approximate surface area is 114 Å². The molecule has 1 aromatic carbocycles. The highest BCUT2D eigenvalue weighted by molar-refractivity contribution is 6.50. The summed E-state index contributed by atoms with van der Waals surface area (Å²) in [7, 11) is 0. The lowest BCUT2D eigenvalue weighted by atomic mass is 9.99. The largest absolute Gasteiger partial charge is 0.140 e. The van der Waals surface area contributed by atoms with E-state index in [-0.39, 0.29) is 0 Å². The van der Waals surface area contributed by atoms with Crippen molar-refractivity contribution in [2.24, 2.45) is 0 Å². The zero-order valence-electron chi connectivity index (χ0n) is 8.18. The fourth-order valence-corrected chi connectivity index (χ4v) is 2.39. The SMILES string of the molecule is Clc1cccc(C2=CC(Cl)(Cl)CC=C2)c1Cl. The molecule has 0 aromatic heterocycles. The van der Waals surface area contributed by atoms with E-state index < -0.39 is 4.33 Å². The summed E-state index contributed by atoms with van der Waals surface area (Å²) < 4.78 is -0.865.